The second-order valence-corrected chi connectivity index (χ2v) is 6.98. The lowest BCUT2D eigenvalue weighted by Crippen LogP contribution is -2.09. The van der Waals surface area contributed by atoms with Crippen molar-refractivity contribution >= 4 is 17.6 Å². The Morgan fingerprint density at radius 3 is 2.70 bits per heavy atom. The van der Waals surface area contributed by atoms with E-state index in [1.807, 2.05) is 45.0 Å². The van der Waals surface area contributed by atoms with Gasteiger partial charge in [-0.15, -0.1) is 0 Å². The van der Waals surface area contributed by atoms with Crippen LogP contribution in [0, 0.1) is 13.8 Å². The van der Waals surface area contributed by atoms with Gasteiger partial charge in [0.2, 0.25) is 0 Å². The monoisotopic (exact) mass is 388 g/mol. The van der Waals surface area contributed by atoms with Crippen LogP contribution in [-0.2, 0) is 17.9 Å². The van der Waals surface area contributed by atoms with Crippen LogP contribution in [0.3, 0.4) is 0 Å². The summed E-state index contributed by atoms with van der Waals surface area (Å²) in [5.74, 6) is 0.525. The molecule has 0 aliphatic rings. The molecule has 2 heterocycles. The highest BCUT2D eigenvalue weighted by atomic mass is 35.5. The van der Waals surface area contributed by atoms with Crippen LogP contribution in [0.25, 0.3) is 0 Å². The fourth-order valence-corrected chi connectivity index (χ4v) is 2.89. The Hall–Kier alpha value is -2.67. The molecule has 0 radical (unpaired) electrons. The average molecular weight is 389 g/mol. The number of carbonyl (C=O) groups excluding carboxylic acids is 1. The molecule has 142 valence electrons. The maximum Gasteiger partial charge on any atom is 0.342 e. The lowest BCUT2D eigenvalue weighted by atomic mass is 10.2. The van der Waals surface area contributed by atoms with Crippen LogP contribution in [0.4, 0.5) is 0 Å². The molecule has 7 nitrogen and oxygen atoms in total. The second kappa shape index (κ2) is 7.92. The van der Waals surface area contributed by atoms with Gasteiger partial charge in [-0.05, 0) is 25.5 Å². The highest BCUT2D eigenvalue weighted by Gasteiger charge is 2.21. The predicted octanol–water partition coefficient (Wildman–Crippen LogP) is 4.07. The van der Waals surface area contributed by atoms with Gasteiger partial charge in [0.1, 0.15) is 5.56 Å². The topological polar surface area (TPSA) is 83.0 Å². The summed E-state index contributed by atoms with van der Waals surface area (Å²) in [6.45, 7) is 7.92. The van der Waals surface area contributed by atoms with Crippen molar-refractivity contribution in [1.29, 1.82) is 0 Å². The molecule has 1 aromatic carbocycles. The van der Waals surface area contributed by atoms with Crippen molar-refractivity contribution in [2.24, 2.45) is 0 Å². The number of nitrogens with zero attached hydrogens (tertiary/aromatic N) is 4. The fourth-order valence-electron chi connectivity index (χ4n) is 2.69. The first-order valence-electron chi connectivity index (χ1n) is 8.63. The largest absolute Gasteiger partial charge is 0.452 e. The van der Waals surface area contributed by atoms with E-state index in [4.69, 9.17) is 20.9 Å². The molecule has 0 unspecified atom stereocenters. The van der Waals surface area contributed by atoms with Gasteiger partial charge in [0.15, 0.2) is 12.4 Å². The molecule has 0 spiro atoms. The number of halogens is 1. The van der Waals surface area contributed by atoms with E-state index in [9.17, 15) is 4.79 Å². The van der Waals surface area contributed by atoms with Gasteiger partial charge in [-0.25, -0.2) is 4.79 Å². The summed E-state index contributed by atoms with van der Waals surface area (Å²) in [6, 6.07) is 7.54. The number of aryl methyl sites for hydroxylation is 1. The van der Waals surface area contributed by atoms with Gasteiger partial charge in [-0.1, -0.05) is 48.8 Å². The van der Waals surface area contributed by atoms with Crippen molar-refractivity contribution in [3.63, 3.8) is 0 Å². The van der Waals surface area contributed by atoms with Gasteiger partial charge in [-0.2, -0.15) is 10.1 Å². The minimum Gasteiger partial charge on any atom is -0.452 e. The summed E-state index contributed by atoms with van der Waals surface area (Å²) in [4.78, 5) is 16.7. The van der Waals surface area contributed by atoms with Crippen LogP contribution in [0.15, 0.2) is 28.8 Å². The summed E-state index contributed by atoms with van der Waals surface area (Å²) in [5.41, 5.74) is 2.67. The van der Waals surface area contributed by atoms with Gasteiger partial charge in [0, 0.05) is 10.9 Å². The average Bonchev–Trinajstić information content (AvgIpc) is 3.20. The Bertz CT molecular complexity index is 962. The van der Waals surface area contributed by atoms with Gasteiger partial charge in [-0.3, -0.25) is 4.68 Å². The van der Waals surface area contributed by atoms with Crippen LogP contribution in [0.2, 0.25) is 5.02 Å². The quantitative estimate of drug-likeness (QED) is 0.592. The van der Waals surface area contributed by atoms with Crippen molar-refractivity contribution in [3.05, 3.63) is 63.5 Å². The third-order valence-electron chi connectivity index (χ3n) is 4.19. The molecule has 0 amide bonds. The second-order valence-electron chi connectivity index (χ2n) is 6.57. The van der Waals surface area contributed by atoms with Crippen molar-refractivity contribution in [2.45, 2.75) is 46.8 Å². The van der Waals surface area contributed by atoms with E-state index in [-0.39, 0.29) is 18.4 Å². The van der Waals surface area contributed by atoms with Crippen molar-refractivity contribution in [1.82, 2.24) is 19.9 Å². The molecule has 0 aliphatic heterocycles. The van der Waals surface area contributed by atoms with E-state index >= 15 is 0 Å². The van der Waals surface area contributed by atoms with Gasteiger partial charge < -0.3 is 9.26 Å². The molecule has 0 saturated heterocycles. The number of ether oxygens (including phenoxy) is 1. The number of rotatable bonds is 6. The molecule has 27 heavy (non-hydrogen) atoms. The van der Waals surface area contributed by atoms with Crippen molar-refractivity contribution in [3.8, 4) is 0 Å². The highest BCUT2D eigenvalue weighted by molar-refractivity contribution is 6.31. The molecule has 0 atom stereocenters. The number of hydrogen-bond donors (Lipinski definition) is 0. The van der Waals surface area contributed by atoms with E-state index in [2.05, 4.69) is 15.2 Å². The van der Waals surface area contributed by atoms with E-state index < -0.39 is 5.97 Å². The van der Waals surface area contributed by atoms with Crippen LogP contribution in [0.5, 0.6) is 0 Å². The molecule has 8 heteroatoms. The van der Waals surface area contributed by atoms with Gasteiger partial charge in [0.05, 0.1) is 17.9 Å². The summed E-state index contributed by atoms with van der Waals surface area (Å²) >= 11 is 6.22. The molecule has 0 N–H and O–H groups in total. The molecule has 0 saturated carbocycles. The number of esters is 1. The summed E-state index contributed by atoms with van der Waals surface area (Å²) in [7, 11) is 0. The summed E-state index contributed by atoms with van der Waals surface area (Å²) in [6.07, 6.45) is 0. The van der Waals surface area contributed by atoms with Crippen LogP contribution >= 0.6 is 11.6 Å². The minimum absolute atomic E-state index is 0.0763. The third-order valence-corrected chi connectivity index (χ3v) is 4.56. The minimum atomic E-state index is -0.472. The Morgan fingerprint density at radius 1 is 1.30 bits per heavy atom. The normalized spacial score (nSPS) is 11.2. The number of carbonyl (C=O) groups is 1. The van der Waals surface area contributed by atoms with E-state index in [0.29, 0.717) is 34.3 Å². The van der Waals surface area contributed by atoms with Crippen LogP contribution in [-0.4, -0.2) is 25.9 Å². The molecule has 0 bridgehead atoms. The zero-order valence-electron chi connectivity index (χ0n) is 15.7. The maximum atomic E-state index is 12.5. The zero-order chi connectivity index (χ0) is 19.6. The predicted molar refractivity (Wildman–Crippen MR) is 99.8 cm³/mol. The molecule has 0 fully saturated rings. The SMILES string of the molecule is Cc1nn(Cc2ccccc2Cl)c(C)c1C(=O)OCc1nc(C(C)C)no1. The summed E-state index contributed by atoms with van der Waals surface area (Å²) in [5, 5.41) is 8.97. The van der Waals surface area contributed by atoms with Crippen LogP contribution < -0.4 is 0 Å². The van der Waals surface area contributed by atoms with E-state index in [1.54, 1.807) is 11.6 Å². The van der Waals surface area contributed by atoms with Crippen molar-refractivity contribution < 1.29 is 14.1 Å². The Morgan fingerprint density at radius 2 is 2.04 bits per heavy atom. The first kappa shape index (κ1) is 19.1. The molecular weight excluding hydrogens is 368 g/mol. The number of aromatic nitrogens is 4. The molecule has 0 aliphatic carbocycles. The molecule has 3 aromatic rings. The lowest BCUT2D eigenvalue weighted by molar-refractivity contribution is 0.0428. The zero-order valence-corrected chi connectivity index (χ0v) is 16.4. The Kier molecular flexibility index (Phi) is 5.60. The highest BCUT2D eigenvalue weighted by Crippen LogP contribution is 2.20. The van der Waals surface area contributed by atoms with Gasteiger partial charge >= 0.3 is 5.97 Å². The molecular formula is C19H21ClN4O3. The van der Waals surface area contributed by atoms with Gasteiger partial charge in [0.25, 0.3) is 5.89 Å². The Labute approximate surface area is 162 Å². The Balaban J connectivity index is 1.73. The first-order chi connectivity index (χ1) is 12.9. The smallest absolute Gasteiger partial charge is 0.342 e. The van der Waals surface area contributed by atoms with E-state index in [0.717, 1.165) is 5.56 Å². The fraction of sp³-hybridized carbons (Fsp3) is 0.368. The number of hydrogen-bond acceptors (Lipinski definition) is 6. The maximum absolute atomic E-state index is 12.5. The summed E-state index contributed by atoms with van der Waals surface area (Å²) < 4.78 is 12.2. The third kappa shape index (κ3) is 4.19. The molecule has 3 rings (SSSR count). The van der Waals surface area contributed by atoms with E-state index in [1.165, 1.54) is 0 Å². The lowest BCUT2D eigenvalue weighted by Gasteiger charge is -2.07. The van der Waals surface area contributed by atoms with Crippen molar-refractivity contribution in [2.75, 3.05) is 0 Å². The first-order valence-corrected chi connectivity index (χ1v) is 9.01. The van der Waals surface area contributed by atoms with Crippen LogP contribution in [0.1, 0.15) is 58.8 Å². The standard InChI is InChI=1S/C19H21ClN4O3/c1-11(2)18-21-16(27-23-18)10-26-19(25)17-12(3)22-24(13(17)4)9-14-7-5-6-8-15(14)20/h5-8,11H,9-10H2,1-4H3. The molecule has 2 aromatic heterocycles. The number of benzene rings is 1.